The molecule has 0 spiro atoms. The van der Waals surface area contributed by atoms with Gasteiger partial charge in [0.15, 0.2) is 0 Å². The average Bonchev–Trinajstić information content (AvgIpc) is 0. The molecule has 0 radical (unpaired) electrons. The smallest absolute Gasteiger partial charge is 0.870 e. The fraction of sp³-hybridized carbons (Fsp3) is 0. The van der Waals surface area contributed by atoms with Crippen LogP contribution >= 0.6 is 0 Å². The van der Waals surface area contributed by atoms with Gasteiger partial charge in [-0.25, -0.2) is 0 Å². The van der Waals surface area contributed by atoms with Gasteiger partial charge in [0.25, 0.3) is 0 Å². The molecule has 0 aromatic rings. The van der Waals surface area contributed by atoms with Crippen LogP contribution in [0, 0.1) is 0 Å². The van der Waals surface area contributed by atoms with Crippen LogP contribution in [0.1, 0.15) is 0 Å². The normalized spacial score (nSPS) is 0. The zero-order valence-electron chi connectivity index (χ0n) is 2.66. The Morgan fingerprint density at radius 2 is 0.600 bits per heavy atom. The van der Waals surface area contributed by atoms with E-state index >= 15 is 0 Å². The molecule has 32 valence electrons. The summed E-state index contributed by atoms with van der Waals surface area (Å²) in [6.45, 7) is 0. The van der Waals surface area contributed by atoms with Gasteiger partial charge < -0.3 is 16.4 Å². The molecule has 5 heteroatoms. The van der Waals surface area contributed by atoms with Gasteiger partial charge >= 0.3 is 46.0 Å². The van der Waals surface area contributed by atoms with Crippen LogP contribution in [0.5, 0.6) is 0 Å². The molecular formula is H3NaNiO3. The van der Waals surface area contributed by atoms with Crippen molar-refractivity contribution in [2.45, 2.75) is 0 Å². The van der Waals surface area contributed by atoms with Crippen molar-refractivity contribution < 1.29 is 62.5 Å². The van der Waals surface area contributed by atoms with E-state index in [1.165, 1.54) is 0 Å². The Kier molecular flexibility index (Phi) is 1060. The van der Waals surface area contributed by atoms with Gasteiger partial charge in [0.2, 0.25) is 0 Å². The number of rotatable bonds is 0. The minimum absolute atomic E-state index is 0. The van der Waals surface area contributed by atoms with E-state index in [1.54, 1.807) is 0 Å². The first kappa shape index (κ1) is 97.6. The van der Waals surface area contributed by atoms with Gasteiger partial charge in [0, 0.05) is 0 Å². The molecule has 0 aliphatic rings. The molecule has 0 fully saturated rings. The van der Waals surface area contributed by atoms with Crippen LogP contribution in [-0.4, -0.2) is 16.4 Å². The SMILES string of the molecule is [Na+].[Ni+2].[OH-].[OH-].[OH-]. The second-order valence-corrected chi connectivity index (χ2v) is 0. The summed E-state index contributed by atoms with van der Waals surface area (Å²) in [5, 5.41) is 0. The van der Waals surface area contributed by atoms with Crippen molar-refractivity contribution >= 4 is 0 Å². The third kappa shape index (κ3) is 32.4. The van der Waals surface area contributed by atoms with Gasteiger partial charge in [-0.05, 0) is 0 Å². The summed E-state index contributed by atoms with van der Waals surface area (Å²) in [7, 11) is 0. The largest absolute Gasteiger partial charge is 2.00 e. The molecule has 0 aromatic carbocycles. The minimum atomic E-state index is 0. The molecule has 3 N–H and O–H groups in total. The summed E-state index contributed by atoms with van der Waals surface area (Å²) < 4.78 is 0. The summed E-state index contributed by atoms with van der Waals surface area (Å²) in [6.07, 6.45) is 0. The summed E-state index contributed by atoms with van der Waals surface area (Å²) in [5.74, 6) is 0. The van der Waals surface area contributed by atoms with E-state index in [9.17, 15) is 0 Å². The van der Waals surface area contributed by atoms with Crippen molar-refractivity contribution in [2.24, 2.45) is 0 Å². The maximum Gasteiger partial charge on any atom is 2.00 e. The quantitative estimate of drug-likeness (QED) is 0.320. The second-order valence-electron chi connectivity index (χ2n) is 0. The van der Waals surface area contributed by atoms with E-state index in [-0.39, 0.29) is 62.5 Å². The molecule has 0 heterocycles. The van der Waals surface area contributed by atoms with Crippen LogP contribution in [0.2, 0.25) is 0 Å². The molecule has 0 aromatic heterocycles. The molecule has 0 saturated heterocycles. The number of hydrogen-bond acceptors (Lipinski definition) is 3. The monoisotopic (exact) mass is 132 g/mol. The molecule has 5 heavy (non-hydrogen) atoms. The van der Waals surface area contributed by atoms with Crippen molar-refractivity contribution in [3.05, 3.63) is 0 Å². The van der Waals surface area contributed by atoms with Crippen LogP contribution < -0.4 is 29.6 Å². The third-order valence-corrected chi connectivity index (χ3v) is 0. The molecule has 0 saturated carbocycles. The predicted octanol–water partition coefficient (Wildman–Crippen LogP) is -3.53. The first-order valence-corrected chi connectivity index (χ1v) is 0. The van der Waals surface area contributed by atoms with E-state index in [1.807, 2.05) is 0 Å². The average molecular weight is 133 g/mol. The molecule has 0 amide bonds. The van der Waals surface area contributed by atoms with Crippen LogP contribution in [0.3, 0.4) is 0 Å². The first-order valence-electron chi connectivity index (χ1n) is 0. The van der Waals surface area contributed by atoms with E-state index in [0.29, 0.717) is 0 Å². The maximum atomic E-state index is 0. The molecule has 0 atom stereocenters. The Labute approximate surface area is 62.3 Å². The van der Waals surface area contributed by atoms with E-state index in [0.717, 1.165) is 0 Å². The van der Waals surface area contributed by atoms with Crippen LogP contribution in [0.4, 0.5) is 0 Å². The molecule has 0 bridgehead atoms. The molecule has 3 nitrogen and oxygen atoms in total. The molecular weight excluding hydrogens is 130 g/mol. The Hall–Kier alpha value is 1.37. The Bertz CT molecular complexity index is 6.85. The maximum absolute atomic E-state index is 0. The zero-order valence-corrected chi connectivity index (χ0v) is 5.65. The van der Waals surface area contributed by atoms with Crippen LogP contribution in [0.15, 0.2) is 0 Å². The molecule has 0 aliphatic heterocycles. The molecule has 0 aliphatic carbocycles. The van der Waals surface area contributed by atoms with Crippen molar-refractivity contribution in [3.8, 4) is 0 Å². The predicted molar refractivity (Wildman–Crippen MR) is 5.81 cm³/mol. The van der Waals surface area contributed by atoms with E-state index in [2.05, 4.69) is 0 Å². The van der Waals surface area contributed by atoms with Crippen LogP contribution in [0.25, 0.3) is 0 Å². The topological polar surface area (TPSA) is 90.0 Å². The van der Waals surface area contributed by atoms with Crippen molar-refractivity contribution in [2.75, 3.05) is 0 Å². The molecule has 0 rings (SSSR count). The fourth-order valence-electron chi connectivity index (χ4n) is 0. The van der Waals surface area contributed by atoms with Gasteiger partial charge in [-0.3, -0.25) is 0 Å². The summed E-state index contributed by atoms with van der Waals surface area (Å²) in [6, 6.07) is 0. The van der Waals surface area contributed by atoms with Gasteiger partial charge in [0.05, 0.1) is 0 Å². The van der Waals surface area contributed by atoms with Crippen molar-refractivity contribution in [1.82, 2.24) is 0 Å². The van der Waals surface area contributed by atoms with E-state index < -0.39 is 0 Å². The zero-order chi connectivity index (χ0) is 0. The second kappa shape index (κ2) is 54.5. The van der Waals surface area contributed by atoms with Gasteiger partial charge in [-0.2, -0.15) is 0 Å². The van der Waals surface area contributed by atoms with E-state index in [4.69, 9.17) is 0 Å². The van der Waals surface area contributed by atoms with Crippen molar-refractivity contribution in [1.29, 1.82) is 0 Å². The Morgan fingerprint density at radius 1 is 0.600 bits per heavy atom. The number of hydrogen-bond donors (Lipinski definition) is 0. The van der Waals surface area contributed by atoms with Gasteiger partial charge in [-0.15, -0.1) is 0 Å². The fourth-order valence-corrected chi connectivity index (χ4v) is 0. The third-order valence-electron chi connectivity index (χ3n) is 0. The van der Waals surface area contributed by atoms with Gasteiger partial charge in [0.1, 0.15) is 0 Å². The van der Waals surface area contributed by atoms with Crippen molar-refractivity contribution in [3.63, 3.8) is 0 Å². The Morgan fingerprint density at radius 3 is 0.600 bits per heavy atom. The summed E-state index contributed by atoms with van der Waals surface area (Å²) >= 11 is 0. The van der Waals surface area contributed by atoms with Crippen LogP contribution in [-0.2, 0) is 16.5 Å². The summed E-state index contributed by atoms with van der Waals surface area (Å²) in [4.78, 5) is 0. The Balaban J connectivity index is 0. The standard InChI is InChI=1S/Na.Ni.3H2O/h;;3*1H2/q+1;+2;;;/p-3. The summed E-state index contributed by atoms with van der Waals surface area (Å²) in [5.41, 5.74) is 0. The van der Waals surface area contributed by atoms with Gasteiger partial charge in [-0.1, -0.05) is 0 Å². The minimum Gasteiger partial charge on any atom is -0.870 e. The molecule has 0 unspecified atom stereocenters. The first-order chi connectivity index (χ1) is 0.